The largest absolute Gasteiger partial charge is 0.497 e. The number of benzene rings is 3. The number of rotatable bonds is 8. The lowest BCUT2D eigenvalue weighted by Gasteiger charge is -2.16. The van der Waals surface area contributed by atoms with Crippen LogP contribution in [0.4, 0.5) is 0 Å². The highest BCUT2D eigenvalue weighted by atomic mass is 16.7. The van der Waals surface area contributed by atoms with Gasteiger partial charge in [-0.2, -0.15) is 0 Å². The number of allylic oxidation sites excluding steroid dienone is 1. The molecule has 0 amide bonds. The lowest BCUT2D eigenvalue weighted by atomic mass is 9.89. The van der Waals surface area contributed by atoms with Crippen LogP contribution in [-0.4, -0.2) is 39.9 Å². The Bertz CT molecular complexity index is 1250. The van der Waals surface area contributed by atoms with Gasteiger partial charge in [-0.15, -0.1) is 0 Å². The molecule has 0 fully saturated rings. The van der Waals surface area contributed by atoms with Gasteiger partial charge in [0.15, 0.2) is 17.3 Å². The van der Waals surface area contributed by atoms with E-state index >= 15 is 0 Å². The molecule has 0 unspecified atom stereocenters. The third-order valence-electron chi connectivity index (χ3n) is 5.50. The number of hydrogen-bond donors (Lipinski definition) is 0. The van der Waals surface area contributed by atoms with E-state index in [1.807, 2.05) is 30.3 Å². The molecule has 3 aromatic carbocycles. The average Bonchev–Trinajstić information content (AvgIpc) is 3.36. The third kappa shape index (κ3) is 4.59. The van der Waals surface area contributed by atoms with Gasteiger partial charge in [-0.1, -0.05) is 36.4 Å². The van der Waals surface area contributed by atoms with Crippen LogP contribution in [0, 0.1) is 0 Å². The molecule has 7 heteroatoms. The summed E-state index contributed by atoms with van der Waals surface area (Å²) < 4.78 is 26.7. The summed E-state index contributed by atoms with van der Waals surface area (Å²) in [5, 5.41) is 0. The maximum atomic E-state index is 14.0. The fourth-order valence-corrected chi connectivity index (χ4v) is 3.80. The van der Waals surface area contributed by atoms with E-state index in [-0.39, 0.29) is 30.1 Å². The number of hydrogen-bond acceptors (Lipinski definition) is 7. The molecule has 0 bridgehead atoms. The number of Topliss-reactive ketones (excluding diaryl/α,β-unsaturated/α-hetero) is 1. The van der Waals surface area contributed by atoms with E-state index in [4.69, 9.17) is 23.7 Å². The Morgan fingerprint density at radius 1 is 0.853 bits per heavy atom. The van der Waals surface area contributed by atoms with Gasteiger partial charge < -0.3 is 23.7 Å². The topological polar surface area (TPSA) is 80.3 Å². The zero-order valence-corrected chi connectivity index (χ0v) is 19.1. The molecule has 0 aromatic heterocycles. The summed E-state index contributed by atoms with van der Waals surface area (Å²) in [5.41, 5.74) is 2.06. The predicted molar refractivity (Wildman–Crippen MR) is 126 cm³/mol. The van der Waals surface area contributed by atoms with Crippen LogP contribution in [0.2, 0.25) is 0 Å². The SMILES string of the molecule is COC(=O)/C(=C(/Cc1ccccc1)C(=O)c1ccc(OC)cc1OC)c1ccc2c(c1)OCO2. The first kappa shape index (κ1) is 22.9. The molecule has 0 radical (unpaired) electrons. The van der Waals surface area contributed by atoms with E-state index in [2.05, 4.69) is 0 Å². The molecule has 1 heterocycles. The molecular formula is C27H24O7. The third-order valence-corrected chi connectivity index (χ3v) is 5.50. The highest BCUT2D eigenvalue weighted by Gasteiger charge is 2.28. The normalized spacial score (nSPS) is 12.6. The number of ether oxygens (including phenoxy) is 5. The molecule has 0 spiro atoms. The van der Waals surface area contributed by atoms with E-state index in [0.29, 0.717) is 34.1 Å². The molecule has 1 aliphatic heterocycles. The zero-order valence-electron chi connectivity index (χ0n) is 19.1. The second-order valence-corrected chi connectivity index (χ2v) is 7.47. The van der Waals surface area contributed by atoms with E-state index < -0.39 is 5.97 Å². The van der Waals surface area contributed by atoms with Gasteiger partial charge in [-0.25, -0.2) is 4.79 Å². The highest BCUT2D eigenvalue weighted by molar-refractivity contribution is 6.27. The summed E-state index contributed by atoms with van der Waals surface area (Å²) >= 11 is 0. The summed E-state index contributed by atoms with van der Waals surface area (Å²) in [4.78, 5) is 27.0. The fourth-order valence-electron chi connectivity index (χ4n) is 3.80. The van der Waals surface area contributed by atoms with E-state index in [9.17, 15) is 9.59 Å². The van der Waals surface area contributed by atoms with Crippen LogP contribution in [0.1, 0.15) is 21.5 Å². The minimum Gasteiger partial charge on any atom is -0.497 e. The minimum absolute atomic E-state index is 0.0922. The Morgan fingerprint density at radius 3 is 2.32 bits per heavy atom. The molecule has 0 saturated carbocycles. The molecule has 34 heavy (non-hydrogen) atoms. The van der Waals surface area contributed by atoms with Crippen LogP contribution in [0.15, 0.2) is 72.3 Å². The van der Waals surface area contributed by atoms with Crippen LogP contribution < -0.4 is 18.9 Å². The summed E-state index contributed by atoms with van der Waals surface area (Å²) in [5.74, 6) is 0.955. The van der Waals surface area contributed by atoms with Gasteiger partial charge in [0.1, 0.15) is 11.5 Å². The van der Waals surface area contributed by atoms with Gasteiger partial charge in [0.05, 0.1) is 32.5 Å². The van der Waals surface area contributed by atoms with Gasteiger partial charge in [0.2, 0.25) is 6.79 Å². The maximum absolute atomic E-state index is 14.0. The smallest absolute Gasteiger partial charge is 0.338 e. The number of esters is 1. The van der Waals surface area contributed by atoms with Crippen LogP contribution in [0.3, 0.4) is 0 Å². The molecule has 0 saturated heterocycles. The summed E-state index contributed by atoms with van der Waals surface area (Å²) in [6.07, 6.45) is 0.202. The van der Waals surface area contributed by atoms with Crippen molar-refractivity contribution < 1.29 is 33.3 Å². The van der Waals surface area contributed by atoms with Crippen LogP contribution in [0.25, 0.3) is 5.57 Å². The monoisotopic (exact) mass is 460 g/mol. The van der Waals surface area contributed by atoms with Crippen molar-refractivity contribution in [3.8, 4) is 23.0 Å². The molecule has 174 valence electrons. The van der Waals surface area contributed by atoms with Crippen LogP contribution in [-0.2, 0) is 16.0 Å². The van der Waals surface area contributed by atoms with E-state index in [0.717, 1.165) is 5.56 Å². The molecule has 0 aliphatic carbocycles. The molecule has 7 nitrogen and oxygen atoms in total. The van der Waals surface area contributed by atoms with E-state index in [1.165, 1.54) is 21.3 Å². The lowest BCUT2D eigenvalue weighted by Crippen LogP contribution is -2.16. The molecule has 3 aromatic rings. The highest BCUT2D eigenvalue weighted by Crippen LogP contribution is 2.37. The van der Waals surface area contributed by atoms with E-state index in [1.54, 1.807) is 36.4 Å². The van der Waals surface area contributed by atoms with Gasteiger partial charge in [-0.3, -0.25) is 4.79 Å². The molecule has 4 rings (SSSR count). The van der Waals surface area contributed by atoms with Crippen molar-refractivity contribution >= 4 is 17.3 Å². The van der Waals surface area contributed by atoms with Crippen molar-refractivity contribution in [2.24, 2.45) is 0 Å². The summed E-state index contributed by atoms with van der Waals surface area (Å²) in [7, 11) is 4.30. The number of ketones is 1. The fraction of sp³-hybridized carbons (Fsp3) is 0.185. The first-order valence-electron chi connectivity index (χ1n) is 10.6. The van der Waals surface area contributed by atoms with Crippen molar-refractivity contribution in [1.29, 1.82) is 0 Å². The Morgan fingerprint density at radius 2 is 1.62 bits per heavy atom. The number of methoxy groups -OCH3 is 3. The standard InChI is InChI=1S/C27H24O7/c1-30-19-10-11-20(23(15-19)31-2)26(28)21(13-17-7-5-4-6-8-17)25(27(29)32-3)18-9-12-22-24(14-18)34-16-33-22/h4-12,14-15H,13,16H2,1-3H3/b25-21-. The van der Waals surface area contributed by atoms with Crippen molar-refractivity contribution in [1.82, 2.24) is 0 Å². The van der Waals surface area contributed by atoms with Gasteiger partial charge in [0, 0.05) is 18.1 Å². The summed E-state index contributed by atoms with van der Waals surface area (Å²) in [6, 6.07) is 19.5. The molecule has 0 atom stereocenters. The first-order chi connectivity index (χ1) is 16.5. The summed E-state index contributed by atoms with van der Waals surface area (Å²) in [6.45, 7) is 0.0922. The Hall–Kier alpha value is -4.26. The van der Waals surface area contributed by atoms with Crippen molar-refractivity contribution in [3.63, 3.8) is 0 Å². The van der Waals surface area contributed by atoms with Crippen LogP contribution >= 0.6 is 0 Å². The number of carbonyl (C=O) groups excluding carboxylic acids is 2. The molecular weight excluding hydrogens is 436 g/mol. The van der Waals surface area contributed by atoms with Crippen molar-refractivity contribution in [2.75, 3.05) is 28.1 Å². The quantitative estimate of drug-likeness (QED) is 0.278. The molecule has 0 N–H and O–H groups in total. The predicted octanol–water partition coefficient (Wildman–Crippen LogP) is 4.48. The molecule has 1 aliphatic rings. The Balaban J connectivity index is 1.93. The second kappa shape index (κ2) is 10.1. The van der Waals surface area contributed by atoms with Gasteiger partial charge in [0.25, 0.3) is 0 Å². The van der Waals surface area contributed by atoms with Crippen molar-refractivity contribution in [2.45, 2.75) is 6.42 Å². The number of fused-ring (bicyclic) bond motifs is 1. The zero-order chi connectivity index (χ0) is 24.1. The first-order valence-corrected chi connectivity index (χ1v) is 10.6. The Kier molecular flexibility index (Phi) is 6.82. The van der Waals surface area contributed by atoms with Crippen LogP contribution in [0.5, 0.6) is 23.0 Å². The second-order valence-electron chi connectivity index (χ2n) is 7.47. The van der Waals surface area contributed by atoms with Gasteiger partial charge in [-0.05, 0) is 35.4 Å². The lowest BCUT2D eigenvalue weighted by molar-refractivity contribution is -0.133. The minimum atomic E-state index is -0.634. The van der Waals surface area contributed by atoms with Crippen molar-refractivity contribution in [3.05, 3.63) is 89.0 Å². The maximum Gasteiger partial charge on any atom is 0.338 e. The average molecular weight is 460 g/mol. The Labute approximate surface area is 197 Å². The number of carbonyl (C=O) groups is 2. The van der Waals surface area contributed by atoms with Gasteiger partial charge >= 0.3 is 5.97 Å².